The third-order valence-electron chi connectivity index (χ3n) is 6.50. The Kier molecular flexibility index (Phi) is 5.56. The van der Waals surface area contributed by atoms with Gasteiger partial charge in [0.1, 0.15) is 5.82 Å². The van der Waals surface area contributed by atoms with Gasteiger partial charge in [0.15, 0.2) is 0 Å². The maximum absolute atomic E-state index is 13.8. The lowest BCUT2D eigenvalue weighted by Gasteiger charge is -2.38. The van der Waals surface area contributed by atoms with E-state index in [4.69, 9.17) is 0 Å². The van der Waals surface area contributed by atoms with Gasteiger partial charge in [-0.3, -0.25) is 0 Å². The highest BCUT2D eigenvalue weighted by Gasteiger charge is 2.31. The average molecular weight is 314 g/mol. The van der Waals surface area contributed by atoms with Crippen molar-refractivity contribution in [2.45, 2.75) is 70.6 Å². The molecule has 0 aromatic heterocycles. The van der Waals surface area contributed by atoms with Crippen molar-refractivity contribution in [3.8, 4) is 0 Å². The van der Waals surface area contributed by atoms with E-state index >= 15 is 0 Å². The van der Waals surface area contributed by atoms with E-state index in [1.165, 1.54) is 63.4 Å². The predicted octanol–water partition coefficient (Wildman–Crippen LogP) is 6.79. The molecule has 0 N–H and O–H groups in total. The number of hydrogen-bond donors (Lipinski definition) is 0. The van der Waals surface area contributed by atoms with E-state index in [1.54, 1.807) is 6.07 Å². The SMILES string of the molecule is C=CCC1CCC(C2CCC(c3ccc(C)c(F)c3)CC2)CC1. The summed E-state index contributed by atoms with van der Waals surface area (Å²) < 4.78 is 13.8. The van der Waals surface area contributed by atoms with Gasteiger partial charge >= 0.3 is 0 Å². The molecule has 0 amide bonds. The van der Waals surface area contributed by atoms with Gasteiger partial charge in [-0.25, -0.2) is 4.39 Å². The molecule has 23 heavy (non-hydrogen) atoms. The summed E-state index contributed by atoms with van der Waals surface area (Å²) in [5.41, 5.74) is 1.99. The molecular formula is C22H31F. The molecule has 2 aliphatic carbocycles. The summed E-state index contributed by atoms with van der Waals surface area (Å²) in [5.74, 6) is 3.32. The van der Waals surface area contributed by atoms with E-state index < -0.39 is 0 Å². The third kappa shape index (κ3) is 4.05. The zero-order valence-electron chi connectivity index (χ0n) is 14.6. The summed E-state index contributed by atoms with van der Waals surface area (Å²) in [4.78, 5) is 0. The first kappa shape index (κ1) is 16.7. The molecular weight excluding hydrogens is 283 g/mol. The fourth-order valence-corrected chi connectivity index (χ4v) is 4.92. The molecule has 0 saturated heterocycles. The van der Waals surface area contributed by atoms with Crippen LogP contribution in [0, 0.1) is 30.5 Å². The zero-order chi connectivity index (χ0) is 16.2. The lowest BCUT2D eigenvalue weighted by atomic mass is 9.68. The summed E-state index contributed by atoms with van der Waals surface area (Å²) in [7, 11) is 0. The maximum atomic E-state index is 13.8. The summed E-state index contributed by atoms with van der Waals surface area (Å²) in [5, 5.41) is 0. The van der Waals surface area contributed by atoms with Crippen LogP contribution in [0.5, 0.6) is 0 Å². The predicted molar refractivity (Wildman–Crippen MR) is 96.1 cm³/mol. The van der Waals surface area contributed by atoms with E-state index in [2.05, 4.69) is 18.7 Å². The first-order valence-corrected chi connectivity index (χ1v) is 9.54. The topological polar surface area (TPSA) is 0 Å². The van der Waals surface area contributed by atoms with Crippen molar-refractivity contribution >= 4 is 0 Å². The van der Waals surface area contributed by atoms with Crippen LogP contribution in [0.25, 0.3) is 0 Å². The van der Waals surface area contributed by atoms with Crippen molar-refractivity contribution in [1.29, 1.82) is 0 Å². The van der Waals surface area contributed by atoms with Crippen molar-refractivity contribution in [2.24, 2.45) is 17.8 Å². The monoisotopic (exact) mass is 314 g/mol. The van der Waals surface area contributed by atoms with Crippen LogP contribution in [0.2, 0.25) is 0 Å². The van der Waals surface area contributed by atoms with Gasteiger partial charge in [0.05, 0.1) is 0 Å². The highest BCUT2D eigenvalue weighted by atomic mass is 19.1. The molecule has 0 unspecified atom stereocenters. The van der Waals surface area contributed by atoms with Crippen LogP contribution in [0.15, 0.2) is 30.9 Å². The normalized spacial score (nSPS) is 31.7. The Balaban J connectivity index is 1.50. The molecule has 1 aromatic carbocycles. The Hall–Kier alpha value is -1.11. The molecule has 1 aromatic rings. The molecule has 0 spiro atoms. The summed E-state index contributed by atoms with van der Waals surface area (Å²) in [6.07, 6.45) is 14.1. The number of hydrogen-bond acceptors (Lipinski definition) is 0. The molecule has 2 fully saturated rings. The van der Waals surface area contributed by atoms with Crippen molar-refractivity contribution in [3.05, 3.63) is 47.8 Å². The van der Waals surface area contributed by atoms with Crippen LogP contribution in [-0.2, 0) is 0 Å². The Morgan fingerprint density at radius 1 is 1.00 bits per heavy atom. The Bertz CT molecular complexity index is 517. The highest BCUT2D eigenvalue weighted by Crippen LogP contribution is 2.44. The fraction of sp³-hybridized carbons (Fsp3) is 0.636. The van der Waals surface area contributed by atoms with E-state index in [-0.39, 0.29) is 5.82 Å². The van der Waals surface area contributed by atoms with Gasteiger partial charge in [-0.2, -0.15) is 0 Å². The van der Waals surface area contributed by atoms with Crippen LogP contribution in [-0.4, -0.2) is 0 Å². The van der Waals surface area contributed by atoms with E-state index in [0.717, 1.165) is 23.3 Å². The smallest absolute Gasteiger partial charge is 0.126 e. The van der Waals surface area contributed by atoms with Gasteiger partial charge in [0.2, 0.25) is 0 Å². The molecule has 2 saturated carbocycles. The zero-order valence-corrected chi connectivity index (χ0v) is 14.6. The molecule has 0 nitrogen and oxygen atoms in total. The maximum Gasteiger partial charge on any atom is 0.126 e. The van der Waals surface area contributed by atoms with E-state index in [9.17, 15) is 4.39 Å². The molecule has 3 rings (SSSR count). The quantitative estimate of drug-likeness (QED) is 0.537. The van der Waals surface area contributed by atoms with Gasteiger partial charge in [0, 0.05) is 0 Å². The minimum atomic E-state index is -0.0369. The van der Waals surface area contributed by atoms with Crippen molar-refractivity contribution in [2.75, 3.05) is 0 Å². The largest absolute Gasteiger partial charge is 0.207 e. The number of halogens is 1. The molecule has 0 aliphatic heterocycles. The molecule has 2 aliphatic rings. The molecule has 0 atom stereocenters. The van der Waals surface area contributed by atoms with E-state index in [0.29, 0.717) is 5.92 Å². The number of allylic oxidation sites excluding steroid dienone is 1. The second-order valence-electron chi connectivity index (χ2n) is 7.93. The molecule has 0 heterocycles. The minimum Gasteiger partial charge on any atom is -0.207 e. The van der Waals surface area contributed by atoms with Gasteiger partial charge in [0.25, 0.3) is 0 Å². The Morgan fingerprint density at radius 3 is 2.17 bits per heavy atom. The van der Waals surface area contributed by atoms with Gasteiger partial charge in [-0.15, -0.1) is 6.58 Å². The fourth-order valence-electron chi connectivity index (χ4n) is 4.92. The van der Waals surface area contributed by atoms with Crippen LogP contribution >= 0.6 is 0 Å². The minimum absolute atomic E-state index is 0.0369. The Morgan fingerprint density at radius 2 is 1.61 bits per heavy atom. The van der Waals surface area contributed by atoms with Crippen molar-refractivity contribution < 1.29 is 4.39 Å². The second-order valence-corrected chi connectivity index (χ2v) is 7.93. The molecule has 126 valence electrons. The van der Waals surface area contributed by atoms with Gasteiger partial charge < -0.3 is 0 Å². The summed E-state index contributed by atoms with van der Waals surface area (Å²) in [6, 6.07) is 5.86. The third-order valence-corrected chi connectivity index (χ3v) is 6.50. The molecule has 0 bridgehead atoms. The number of benzene rings is 1. The first-order valence-electron chi connectivity index (χ1n) is 9.54. The van der Waals surface area contributed by atoms with Crippen LogP contribution in [0.4, 0.5) is 4.39 Å². The van der Waals surface area contributed by atoms with Crippen molar-refractivity contribution in [1.82, 2.24) is 0 Å². The highest BCUT2D eigenvalue weighted by molar-refractivity contribution is 5.26. The van der Waals surface area contributed by atoms with Crippen LogP contribution in [0.3, 0.4) is 0 Å². The average Bonchev–Trinajstić information content (AvgIpc) is 2.59. The standard InChI is InChI=1S/C22H31F/c1-3-4-17-6-9-18(10-7-17)19-11-13-20(14-12-19)21-8-5-16(2)22(23)15-21/h3,5,8,15,17-20H,1,4,6-7,9-14H2,2H3. The molecule has 1 heteroatoms. The lowest BCUT2D eigenvalue weighted by molar-refractivity contribution is 0.160. The number of aryl methyl sites for hydroxylation is 1. The first-order chi connectivity index (χ1) is 11.2. The molecule has 0 radical (unpaired) electrons. The number of rotatable bonds is 4. The lowest BCUT2D eigenvalue weighted by Crippen LogP contribution is -2.25. The second kappa shape index (κ2) is 7.64. The van der Waals surface area contributed by atoms with Crippen molar-refractivity contribution in [3.63, 3.8) is 0 Å². The summed E-state index contributed by atoms with van der Waals surface area (Å²) in [6.45, 7) is 5.73. The van der Waals surface area contributed by atoms with Crippen LogP contribution < -0.4 is 0 Å². The van der Waals surface area contributed by atoms with E-state index in [1.807, 2.05) is 13.0 Å². The Labute approximate surface area is 141 Å². The summed E-state index contributed by atoms with van der Waals surface area (Å²) >= 11 is 0. The van der Waals surface area contributed by atoms with Gasteiger partial charge in [-0.05, 0) is 106 Å². The van der Waals surface area contributed by atoms with Gasteiger partial charge in [-0.1, -0.05) is 18.2 Å². The van der Waals surface area contributed by atoms with Crippen LogP contribution in [0.1, 0.15) is 74.8 Å².